The normalized spacial score (nSPS) is 14.3. The number of carbonyl (C=O) groups is 4. The molecule has 0 amide bonds. The summed E-state index contributed by atoms with van der Waals surface area (Å²) in [6.07, 6.45) is 39.0. The average molecular weight is 1280 g/mol. The van der Waals surface area contributed by atoms with E-state index in [9.17, 15) is 43.2 Å². The van der Waals surface area contributed by atoms with Crippen molar-refractivity contribution in [1.29, 1.82) is 0 Å². The van der Waals surface area contributed by atoms with Crippen LogP contribution in [-0.4, -0.2) is 96.7 Å². The minimum atomic E-state index is -4.95. The van der Waals surface area contributed by atoms with E-state index in [2.05, 4.69) is 55.4 Å². The van der Waals surface area contributed by atoms with E-state index in [1.807, 2.05) is 0 Å². The first-order chi connectivity index (χ1) is 41.6. The van der Waals surface area contributed by atoms with Crippen molar-refractivity contribution in [2.24, 2.45) is 23.7 Å². The first-order valence-electron chi connectivity index (χ1n) is 35.2. The number of esters is 4. The second-order valence-electron chi connectivity index (χ2n) is 26.5. The van der Waals surface area contributed by atoms with Gasteiger partial charge in [0.2, 0.25) is 0 Å². The summed E-state index contributed by atoms with van der Waals surface area (Å²) in [6, 6.07) is 0. The van der Waals surface area contributed by atoms with Gasteiger partial charge in [-0.3, -0.25) is 37.3 Å². The number of rotatable bonds is 65. The van der Waals surface area contributed by atoms with Crippen molar-refractivity contribution in [3.8, 4) is 0 Å². The van der Waals surface area contributed by atoms with Crippen molar-refractivity contribution in [1.82, 2.24) is 0 Å². The van der Waals surface area contributed by atoms with Gasteiger partial charge in [-0.25, -0.2) is 9.13 Å². The predicted molar refractivity (Wildman–Crippen MR) is 349 cm³/mol. The molecule has 19 heteroatoms. The smallest absolute Gasteiger partial charge is 0.462 e. The fourth-order valence-corrected chi connectivity index (χ4v) is 11.7. The molecule has 0 saturated carbocycles. The number of hydrogen-bond donors (Lipinski definition) is 3. The lowest BCUT2D eigenvalue weighted by Gasteiger charge is -2.21. The summed E-state index contributed by atoms with van der Waals surface area (Å²) < 4.78 is 68.2. The fourth-order valence-electron chi connectivity index (χ4n) is 10.1. The maximum atomic E-state index is 13.0. The summed E-state index contributed by atoms with van der Waals surface area (Å²) >= 11 is 0. The first-order valence-corrected chi connectivity index (χ1v) is 38.2. The number of carbonyl (C=O) groups excluding carboxylic acids is 4. The molecule has 0 fully saturated rings. The van der Waals surface area contributed by atoms with E-state index in [0.717, 1.165) is 114 Å². The highest BCUT2D eigenvalue weighted by Gasteiger charge is 2.30. The molecule has 0 aliphatic heterocycles. The van der Waals surface area contributed by atoms with Gasteiger partial charge >= 0.3 is 39.5 Å². The zero-order valence-corrected chi connectivity index (χ0v) is 58.4. The summed E-state index contributed by atoms with van der Waals surface area (Å²) in [7, 11) is -9.90. The maximum absolute atomic E-state index is 13.0. The summed E-state index contributed by atoms with van der Waals surface area (Å²) in [6.45, 7) is 14.0. The van der Waals surface area contributed by atoms with Crippen LogP contribution < -0.4 is 0 Å². The Balaban J connectivity index is 5.25. The molecule has 3 N–H and O–H groups in total. The number of phosphoric ester groups is 2. The largest absolute Gasteiger partial charge is 0.472 e. The van der Waals surface area contributed by atoms with E-state index in [-0.39, 0.29) is 25.7 Å². The topological polar surface area (TPSA) is 237 Å². The summed E-state index contributed by atoms with van der Waals surface area (Å²) in [4.78, 5) is 72.4. The lowest BCUT2D eigenvalue weighted by molar-refractivity contribution is -0.161. The molecular formula is C68H132O17P2. The molecule has 0 spiro atoms. The van der Waals surface area contributed by atoms with Crippen molar-refractivity contribution < 1.29 is 80.2 Å². The van der Waals surface area contributed by atoms with E-state index < -0.39 is 97.5 Å². The van der Waals surface area contributed by atoms with Crippen LogP contribution in [0.25, 0.3) is 0 Å². The summed E-state index contributed by atoms with van der Waals surface area (Å²) in [5.74, 6) is 0.800. The van der Waals surface area contributed by atoms with Gasteiger partial charge < -0.3 is 33.8 Å². The number of ether oxygens (including phenoxy) is 4. The van der Waals surface area contributed by atoms with E-state index in [1.165, 1.54) is 128 Å². The lowest BCUT2D eigenvalue weighted by atomic mass is 10.0. The molecule has 0 rings (SSSR count). The second kappa shape index (κ2) is 57.9. The molecule has 17 nitrogen and oxygen atoms in total. The quantitative estimate of drug-likeness (QED) is 0.0222. The van der Waals surface area contributed by atoms with Gasteiger partial charge in [0.25, 0.3) is 0 Å². The van der Waals surface area contributed by atoms with Gasteiger partial charge in [-0.1, -0.05) is 280 Å². The number of aliphatic hydroxyl groups excluding tert-OH is 1. The van der Waals surface area contributed by atoms with E-state index in [4.69, 9.17) is 37.0 Å². The second-order valence-corrected chi connectivity index (χ2v) is 29.4. The lowest BCUT2D eigenvalue weighted by Crippen LogP contribution is -2.30. The molecule has 0 aromatic heterocycles. The molecule has 0 bridgehead atoms. The first kappa shape index (κ1) is 85.1. The van der Waals surface area contributed by atoms with Crippen molar-refractivity contribution in [2.45, 2.75) is 350 Å². The Kier molecular flexibility index (Phi) is 56.6. The fraction of sp³-hybridized carbons (Fsp3) is 0.941. The van der Waals surface area contributed by atoms with Crippen LogP contribution >= 0.6 is 15.6 Å². The molecule has 516 valence electrons. The van der Waals surface area contributed by atoms with Crippen LogP contribution in [0.4, 0.5) is 0 Å². The number of hydrogen-bond acceptors (Lipinski definition) is 15. The summed E-state index contributed by atoms with van der Waals surface area (Å²) in [5, 5.41) is 10.6. The monoisotopic (exact) mass is 1280 g/mol. The van der Waals surface area contributed by atoms with Crippen LogP contribution in [0.15, 0.2) is 0 Å². The Morgan fingerprint density at radius 1 is 0.287 bits per heavy atom. The van der Waals surface area contributed by atoms with E-state index in [0.29, 0.717) is 31.6 Å². The molecule has 0 radical (unpaired) electrons. The highest BCUT2D eigenvalue weighted by atomic mass is 31.2. The van der Waals surface area contributed by atoms with Gasteiger partial charge in [0, 0.05) is 25.7 Å². The molecule has 0 aromatic carbocycles. The van der Waals surface area contributed by atoms with Crippen molar-refractivity contribution >= 4 is 39.5 Å². The minimum Gasteiger partial charge on any atom is -0.462 e. The van der Waals surface area contributed by atoms with Crippen LogP contribution in [0.2, 0.25) is 0 Å². The van der Waals surface area contributed by atoms with Gasteiger partial charge in [0.05, 0.1) is 26.4 Å². The molecule has 5 atom stereocenters. The molecule has 0 aliphatic rings. The number of aliphatic hydroxyl groups is 1. The highest BCUT2D eigenvalue weighted by Crippen LogP contribution is 2.45. The zero-order chi connectivity index (χ0) is 64.7. The molecular weight excluding hydrogens is 1150 g/mol. The van der Waals surface area contributed by atoms with Crippen LogP contribution in [-0.2, 0) is 65.4 Å². The van der Waals surface area contributed by atoms with E-state index >= 15 is 0 Å². The highest BCUT2D eigenvalue weighted by molar-refractivity contribution is 7.47. The van der Waals surface area contributed by atoms with Gasteiger partial charge in [-0.05, 0) is 49.4 Å². The maximum Gasteiger partial charge on any atom is 0.472 e. The third-order valence-electron chi connectivity index (χ3n) is 15.6. The van der Waals surface area contributed by atoms with Crippen LogP contribution in [0, 0.1) is 23.7 Å². The summed E-state index contributed by atoms with van der Waals surface area (Å²) in [5.41, 5.74) is 0. The SMILES string of the molecule is CC(C)CCCCCCCCCCCCC(=O)OC[C@H](COP(=O)(O)OCC(O)COP(=O)(O)OC[C@@H](COC(=O)CCCCCCCCCC(C)C)OC(=O)CCCCCCCCCCCCC(C)C)OC(=O)CCCCCCCCCCC(C)C. The van der Waals surface area contributed by atoms with Crippen molar-refractivity contribution in [3.63, 3.8) is 0 Å². The minimum absolute atomic E-state index is 0.104. The van der Waals surface area contributed by atoms with E-state index in [1.54, 1.807) is 0 Å². The zero-order valence-electron chi connectivity index (χ0n) is 56.6. The van der Waals surface area contributed by atoms with Crippen LogP contribution in [0.5, 0.6) is 0 Å². The van der Waals surface area contributed by atoms with Gasteiger partial charge in [0.15, 0.2) is 12.2 Å². The Bertz CT molecular complexity index is 1730. The molecule has 0 saturated heterocycles. The predicted octanol–water partition coefficient (Wildman–Crippen LogP) is 18.9. The van der Waals surface area contributed by atoms with Crippen LogP contribution in [0.3, 0.4) is 0 Å². The molecule has 3 unspecified atom stereocenters. The Labute approximate surface area is 530 Å². The average Bonchev–Trinajstić information content (AvgIpc) is 3.66. The molecule has 0 aliphatic carbocycles. The Morgan fingerprint density at radius 3 is 0.713 bits per heavy atom. The number of phosphoric acid groups is 2. The molecule has 0 heterocycles. The number of unbranched alkanes of at least 4 members (excludes halogenated alkanes) is 31. The van der Waals surface area contributed by atoms with Gasteiger partial charge in [0.1, 0.15) is 19.3 Å². The Hall–Kier alpha value is -1.94. The standard InChI is InChI=1S/C68H132O17P2/c1-58(2)44-36-28-20-13-9-11-15-24-32-40-48-65(70)78-54-63(85-68(73)51-43-35-26-18-17-22-30-38-46-60(5)6)56-82-86(74,75)80-52-62(69)53-81-87(76,77)83-57-64(55-79-66(71)49-41-33-27-19-23-31-39-47-61(7)8)84-67(72)50-42-34-25-16-12-10-14-21-29-37-45-59(3)4/h58-64,69H,9-57H2,1-8H3,(H,74,75)(H,76,77)/t62?,63-,64-/m1/s1. The van der Waals surface area contributed by atoms with Gasteiger partial charge in [-0.15, -0.1) is 0 Å². The third kappa shape index (κ3) is 62.6. The van der Waals surface area contributed by atoms with Crippen molar-refractivity contribution in [2.75, 3.05) is 39.6 Å². The molecule has 87 heavy (non-hydrogen) atoms. The molecule has 0 aromatic rings. The Morgan fingerprint density at radius 2 is 0.483 bits per heavy atom. The van der Waals surface area contributed by atoms with Gasteiger partial charge in [-0.2, -0.15) is 0 Å². The third-order valence-corrected chi connectivity index (χ3v) is 17.5. The van der Waals surface area contributed by atoms with Crippen molar-refractivity contribution in [3.05, 3.63) is 0 Å². The van der Waals surface area contributed by atoms with Crippen LogP contribution in [0.1, 0.15) is 331 Å².